The molecule has 0 N–H and O–H groups in total. The van der Waals surface area contributed by atoms with E-state index in [4.69, 9.17) is 29.4 Å². The molecule has 2 aromatic carbocycles. The monoisotopic (exact) mass is 585 g/mol. The number of hydrogen-bond donors (Lipinski definition) is 0. The van der Waals surface area contributed by atoms with Gasteiger partial charge in [0.05, 0.1) is 54.5 Å². The largest absolute Gasteiger partial charge is 0.473 e. The molecule has 4 aromatic rings. The van der Waals surface area contributed by atoms with Crippen LogP contribution in [0.3, 0.4) is 0 Å². The van der Waals surface area contributed by atoms with Crippen LogP contribution in [0.1, 0.15) is 45.3 Å². The van der Waals surface area contributed by atoms with Crippen molar-refractivity contribution < 1.29 is 27.8 Å². The van der Waals surface area contributed by atoms with Gasteiger partial charge in [0.2, 0.25) is 5.88 Å². The Balaban J connectivity index is 1.03. The molecule has 43 heavy (non-hydrogen) atoms. The van der Waals surface area contributed by atoms with Crippen LogP contribution in [0.25, 0.3) is 11.0 Å². The summed E-state index contributed by atoms with van der Waals surface area (Å²) in [5.41, 5.74) is 2.68. The zero-order chi connectivity index (χ0) is 29.7. The minimum absolute atomic E-state index is 0.0250. The third-order valence-electron chi connectivity index (χ3n) is 8.78. The van der Waals surface area contributed by atoms with Crippen molar-refractivity contribution in [2.24, 2.45) is 11.8 Å². The summed E-state index contributed by atoms with van der Waals surface area (Å²) in [4.78, 5) is 24.0. The Morgan fingerprint density at radius 2 is 1.93 bits per heavy atom. The number of carbonyl (C=O) groups excluding carboxylic acids is 1. The zero-order valence-electron chi connectivity index (χ0n) is 23.5. The van der Waals surface area contributed by atoms with E-state index in [9.17, 15) is 13.6 Å². The van der Waals surface area contributed by atoms with Gasteiger partial charge in [-0.15, -0.1) is 0 Å². The minimum Gasteiger partial charge on any atom is -0.473 e. The van der Waals surface area contributed by atoms with Gasteiger partial charge in [-0.1, -0.05) is 12.1 Å². The highest BCUT2D eigenvalue weighted by Gasteiger charge is 2.57. The first kappa shape index (κ1) is 27.4. The summed E-state index contributed by atoms with van der Waals surface area (Å²) in [6, 6.07) is 14.8. The zero-order valence-corrected chi connectivity index (χ0v) is 23.5. The fourth-order valence-corrected chi connectivity index (χ4v) is 6.38. The molecule has 0 amide bonds. The molecule has 4 heterocycles. The molecule has 220 valence electrons. The topological polar surface area (TPSA) is 102 Å². The van der Waals surface area contributed by atoms with Crippen molar-refractivity contribution in [1.29, 1.82) is 5.26 Å². The van der Waals surface area contributed by atoms with Crippen LogP contribution in [-0.4, -0.2) is 58.3 Å². The van der Waals surface area contributed by atoms with Crippen LogP contribution in [0.4, 0.5) is 8.78 Å². The van der Waals surface area contributed by atoms with Crippen LogP contribution in [0.15, 0.2) is 48.5 Å². The number of imidazole rings is 1. The van der Waals surface area contributed by atoms with E-state index in [-0.39, 0.29) is 23.8 Å². The summed E-state index contributed by atoms with van der Waals surface area (Å²) in [7, 11) is 1.24. The number of benzene rings is 2. The van der Waals surface area contributed by atoms with Crippen LogP contribution in [0.5, 0.6) is 5.88 Å². The Bertz CT molecular complexity index is 1750. The molecule has 4 atom stereocenters. The number of piperidine rings is 1. The van der Waals surface area contributed by atoms with Crippen LogP contribution < -0.4 is 4.74 Å². The SMILES string of the molecule is COC(=O)c1cc2c(cc1F)nc(CN1C[C@@H]3C(c4cccc(OCc5ccc(C#N)cc5F)n4)[C@@H]3C1)n2C[C@@H]1CCO1. The van der Waals surface area contributed by atoms with Gasteiger partial charge in [0, 0.05) is 49.0 Å². The number of ether oxygens (including phenoxy) is 3. The lowest BCUT2D eigenvalue weighted by Gasteiger charge is -2.28. The van der Waals surface area contributed by atoms with Gasteiger partial charge in [-0.2, -0.15) is 5.26 Å². The van der Waals surface area contributed by atoms with E-state index in [1.807, 2.05) is 22.8 Å². The maximum atomic E-state index is 14.7. The van der Waals surface area contributed by atoms with E-state index in [1.165, 1.54) is 25.3 Å². The number of hydrogen-bond acceptors (Lipinski definition) is 8. The van der Waals surface area contributed by atoms with Crippen LogP contribution in [0, 0.1) is 34.8 Å². The molecule has 1 aliphatic carbocycles. The molecular weight excluding hydrogens is 556 g/mol. The number of halogens is 2. The first-order valence-electron chi connectivity index (χ1n) is 14.3. The second-order valence-corrected chi connectivity index (χ2v) is 11.4. The molecule has 1 saturated carbocycles. The number of nitriles is 1. The van der Waals surface area contributed by atoms with Crippen molar-refractivity contribution in [2.75, 3.05) is 26.8 Å². The van der Waals surface area contributed by atoms with Crippen LogP contribution >= 0.6 is 0 Å². The summed E-state index contributed by atoms with van der Waals surface area (Å²) >= 11 is 0. The number of nitrogens with zero attached hydrogens (tertiary/aromatic N) is 5. The number of rotatable bonds is 9. The lowest BCUT2D eigenvalue weighted by molar-refractivity contribution is -0.0591. The number of methoxy groups -OCH3 is 1. The first-order chi connectivity index (χ1) is 20.9. The maximum Gasteiger partial charge on any atom is 0.340 e. The Hall–Kier alpha value is -4.40. The Morgan fingerprint density at radius 3 is 2.63 bits per heavy atom. The fourth-order valence-electron chi connectivity index (χ4n) is 6.38. The molecule has 11 heteroatoms. The van der Waals surface area contributed by atoms with Gasteiger partial charge in [-0.25, -0.2) is 23.5 Å². The van der Waals surface area contributed by atoms with Crippen molar-refractivity contribution in [3.05, 3.63) is 88.4 Å². The predicted octanol–water partition coefficient (Wildman–Crippen LogP) is 4.58. The Kier molecular flexibility index (Phi) is 7.03. The van der Waals surface area contributed by atoms with Crippen molar-refractivity contribution in [3.63, 3.8) is 0 Å². The van der Waals surface area contributed by atoms with E-state index in [2.05, 4.69) is 4.90 Å². The number of esters is 1. The van der Waals surface area contributed by atoms with Gasteiger partial charge < -0.3 is 18.8 Å². The van der Waals surface area contributed by atoms with E-state index < -0.39 is 17.6 Å². The normalized spacial score (nSPS) is 22.6. The molecule has 2 saturated heterocycles. The average molecular weight is 586 g/mol. The Labute approximate surface area is 246 Å². The van der Waals surface area contributed by atoms with E-state index in [0.29, 0.717) is 53.3 Å². The third-order valence-corrected chi connectivity index (χ3v) is 8.78. The van der Waals surface area contributed by atoms with Crippen molar-refractivity contribution in [1.82, 2.24) is 19.4 Å². The molecule has 2 aliphatic heterocycles. The summed E-state index contributed by atoms with van der Waals surface area (Å²) in [5, 5.41) is 8.94. The van der Waals surface area contributed by atoms with Crippen molar-refractivity contribution in [3.8, 4) is 11.9 Å². The molecule has 0 bridgehead atoms. The molecular formula is C32H29F2N5O4. The molecule has 1 unspecified atom stereocenters. The van der Waals surface area contributed by atoms with Crippen LogP contribution in [0.2, 0.25) is 0 Å². The number of aromatic nitrogens is 3. The second-order valence-electron chi connectivity index (χ2n) is 11.4. The first-order valence-corrected chi connectivity index (χ1v) is 14.3. The number of carbonyl (C=O) groups is 1. The molecule has 0 radical (unpaired) electrons. The van der Waals surface area contributed by atoms with E-state index >= 15 is 0 Å². The lowest BCUT2D eigenvalue weighted by Crippen LogP contribution is -2.33. The van der Waals surface area contributed by atoms with Crippen LogP contribution in [-0.2, 0) is 29.2 Å². The summed E-state index contributed by atoms with van der Waals surface area (Å²) < 4.78 is 47.2. The van der Waals surface area contributed by atoms with E-state index in [1.54, 1.807) is 18.2 Å². The lowest BCUT2D eigenvalue weighted by atomic mass is 10.1. The number of likely N-dealkylation sites (tertiary alicyclic amines) is 1. The third kappa shape index (κ3) is 5.21. The quantitative estimate of drug-likeness (QED) is 0.263. The maximum absolute atomic E-state index is 14.7. The fraction of sp³-hybridized carbons (Fsp3) is 0.375. The molecule has 9 nitrogen and oxygen atoms in total. The summed E-state index contributed by atoms with van der Waals surface area (Å²) in [6.45, 7) is 3.69. The molecule has 7 rings (SSSR count). The van der Waals surface area contributed by atoms with Gasteiger partial charge in [0.25, 0.3) is 0 Å². The van der Waals surface area contributed by atoms with Gasteiger partial charge in [-0.05, 0) is 42.5 Å². The van der Waals surface area contributed by atoms with Gasteiger partial charge in [0.1, 0.15) is 24.1 Å². The standard InChI is InChI=1S/C32H29F2N5O4/c1-41-32(40)21-10-28-27(11-25(21)34)36-29(39(28)13-20-7-8-42-20)16-38-14-22-23(15-38)31(22)26-3-2-4-30(37-26)43-17-19-6-5-18(12-35)9-24(19)33/h2-6,9-11,20,22-23,31H,7-8,13-17H2,1H3/t20-,22-,23+,31?/m0/s1. The highest BCUT2D eigenvalue weighted by molar-refractivity contribution is 5.94. The summed E-state index contributed by atoms with van der Waals surface area (Å²) in [5.74, 6) is 0.636. The minimum atomic E-state index is -0.719. The van der Waals surface area contributed by atoms with Crippen molar-refractivity contribution in [2.45, 2.75) is 38.1 Å². The molecule has 2 aromatic heterocycles. The summed E-state index contributed by atoms with van der Waals surface area (Å²) in [6.07, 6.45) is 1.01. The molecule has 3 aliphatic rings. The molecule has 3 fully saturated rings. The second kappa shape index (κ2) is 11.0. The van der Waals surface area contributed by atoms with E-state index in [0.717, 1.165) is 37.6 Å². The Morgan fingerprint density at radius 1 is 1.12 bits per heavy atom. The van der Waals surface area contributed by atoms with Gasteiger partial charge in [-0.3, -0.25) is 4.90 Å². The predicted molar refractivity (Wildman–Crippen MR) is 150 cm³/mol. The van der Waals surface area contributed by atoms with Crippen molar-refractivity contribution >= 4 is 17.0 Å². The highest BCUT2D eigenvalue weighted by Crippen LogP contribution is 2.58. The van der Waals surface area contributed by atoms with Gasteiger partial charge in [0.15, 0.2) is 0 Å². The number of pyridine rings is 1. The average Bonchev–Trinajstić information content (AvgIpc) is 3.31. The molecule has 0 spiro atoms. The smallest absolute Gasteiger partial charge is 0.340 e. The highest BCUT2D eigenvalue weighted by atomic mass is 19.1. The number of fused-ring (bicyclic) bond motifs is 2. The van der Waals surface area contributed by atoms with Gasteiger partial charge >= 0.3 is 5.97 Å².